The third-order valence-corrected chi connectivity index (χ3v) is 3.55. The summed E-state index contributed by atoms with van der Waals surface area (Å²) in [5.74, 6) is 0. The van der Waals surface area contributed by atoms with E-state index in [1.165, 1.54) is 27.8 Å². The molecule has 0 radical (unpaired) electrons. The molecule has 1 heteroatoms. The van der Waals surface area contributed by atoms with E-state index in [0.29, 0.717) is 0 Å². The number of aryl methyl sites for hydroxylation is 2. The average Bonchev–Trinajstić information content (AvgIpc) is 2.20. The van der Waals surface area contributed by atoms with Crippen molar-refractivity contribution in [2.75, 3.05) is 0 Å². The minimum absolute atomic E-state index is 0.114. The van der Waals surface area contributed by atoms with Crippen LogP contribution >= 0.6 is 0 Å². The molecule has 1 atom stereocenters. The predicted octanol–water partition coefficient (Wildman–Crippen LogP) is 4.44. The molecule has 1 nitrogen and oxygen atoms in total. The van der Waals surface area contributed by atoms with E-state index in [1.807, 2.05) is 0 Å². The van der Waals surface area contributed by atoms with Gasteiger partial charge in [0, 0.05) is 6.04 Å². The van der Waals surface area contributed by atoms with Crippen LogP contribution in [0.15, 0.2) is 23.8 Å². The Balaban J connectivity index is 3.08. The number of nitrogens with two attached hydrogens (primary N) is 1. The first-order chi connectivity index (χ1) is 8.61. The van der Waals surface area contributed by atoms with Crippen LogP contribution in [0.3, 0.4) is 0 Å². The van der Waals surface area contributed by atoms with E-state index in [1.54, 1.807) is 0 Å². The van der Waals surface area contributed by atoms with Gasteiger partial charge in [-0.05, 0) is 61.8 Å². The number of rotatable bonds is 3. The summed E-state index contributed by atoms with van der Waals surface area (Å²) in [5, 5.41) is 0. The van der Waals surface area contributed by atoms with Gasteiger partial charge in [-0.1, -0.05) is 44.6 Å². The van der Waals surface area contributed by atoms with E-state index >= 15 is 0 Å². The van der Waals surface area contributed by atoms with Crippen LogP contribution in [-0.2, 0) is 11.8 Å². The lowest BCUT2D eigenvalue weighted by atomic mass is 9.83. The van der Waals surface area contributed by atoms with Gasteiger partial charge < -0.3 is 5.73 Å². The molecule has 1 rings (SSSR count). The van der Waals surface area contributed by atoms with Crippen molar-refractivity contribution in [2.45, 2.75) is 66.3 Å². The van der Waals surface area contributed by atoms with Gasteiger partial charge in [-0.25, -0.2) is 0 Å². The summed E-state index contributed by atoms with van der Waals surface area (Å²) in [6.07, 6.45) is 3.07. The minimum atomic E-state index is 0.114. The zero-order valence-electron chi connectivity index (χ0n) is 13.6. The molecule has 0 fully saturated rings. The van der Waals surface area contributed by atoms with Gasteiger partial charge in [0.1, 0.15) is 0 Å². The molecule has 0 bridgehead atoms. The second-order valence-corrected chi connectivity index (χ2v) is 6.95. The molecule has 1 aromatic carbocycles. The molecule has 0 amide bonds. The summed E-state index contributed by atoms with van der Waals surface area (Å²) in [7, 11) is 0. The molecule has 1 unspecified atom stereocenters. The van der Waals surface area contributed by atoms with Crippen LogP contribution < -0.4 is 5.73 Å². The summed E-state index contributed by atoms with van der Waals surface area (Å²) < 4.78 is 0. The molecule has 0 aliphatic carbocycles. The summed E-state index contributed by atoms with van der Waals surface area (Å²) in [6, 6.07) is 4.75. The molecule has 0 aliphatic heterocycles. The molecule has 0 saturated carbocycles. The number of allylic oxidation sites excluding steroid dienone is 1. The van der Waals surface area contributed by atoms with Gasteiger partial charge in [0.2, 0.25) is 0 Å². The fraction of sp³-hybridized carbons (Fsp3) is 0.556. The molecule has 0 spiro atoms. The smallest absolute Gasteiger partial charge is 0.0267 e. The third kappa shape index (κ3) is 4.50. The van der Waals surface area contributed by atoms with Crippen LogP contribution in [0, 0.1) is 13.8 Å². The van der Waals surface area contributed by atoms with E-state index in [0.717, 1.165) is 6.42 Å². The number of hydrogen-bond donors (Lipinski definition) is 1. The molecule has 0 heterocycles. The highest BCUT2D eigenvalue weighted by molar-refractivity contribution is 5.41. The van der Waals surface area contributed by atoms with Gasteiger partial charge in [0.05, 0.1) is 0 Å². The molecule has 0 saturated heterocycles. The van der Waals surface area contributed by atoms with Gasteiger partial charge in [-0.15, -0.1) is 0 Å². The van der Waals surface area contributed by atoms with Crippen LogP contribution in [0.4, 0.5) is 0 Å². The lowest BCUT2D eigenvalue weighted by Gasteiger charge is -2.23. The van der Waals surface area contributed by atoms with E-state index in [2.05, 4.69) is 66.7 Å². The van der Waals surface area contributed by atoms with Crippen molar-refractivity contribution in [3.05, 3.63) is 46.0 Å². The Morgan fingerprint density at radius 3 is 2.00 bits per heavy atom. The van der Waals surface area contributed by atoms with Crippen LogP contribution in [-0.4, -0.2) is 6.04 Å². The topological polar surface area (TPSA) is 26.0 Å². The standard InChI is InChI=1S/C18H29N/c1-12(2)8-16(19)11-17-13(3)9-15(10-14(17)4)18(5,6)7/h8-10,16H,11,19H2,1-7H3. The maximum atomic E-state index is 6.19. The molecule has 106 valence electrons. The Morgan fingerprint density at radius 1 is 1.16 bits per heavy atom. The fourth-order valence-corrected chi connectivity index (χ4v) is 2.47. The van der Waals surface area contributed by atoms with Crippen molar-refractivity contribution in [1.29, 1.82) is 0 Å². The Kier molecular flexibility index (Phi) is 4.98. The van der Waals surface area contributed by atoms with Gasteiger partial charge in [0.25, 0.3) is 0 Å². The van der Waals surface area contributed by atoms with Gasteiger partial charge in [-0.2, -0.15) is 0 Å². The first kappa shape index (κ1) is 16.0. The van der Waals surface area contributed by atoms with E-state index in [4.69, 9.17) is 5.73 Å². The lowest BCUT2D eigenvalue weighted by molar-refractivity contribution is 0.588. The predicted molar refractivity (Wildman–Crippen MR) is 85.7 cm³/mol. The number of hydrogen-bond acceptors (Lipinski definition) is 1. The largest absolute Gasteiger partial charge is 0.324 e. The second kappa shape index (κ2) is 5.92. The quantitative estimate of drug-likeness (QED) is 0.798. The second-order valence-electron chi connectivity index (χ2n) is 6.95. The highest BCUT2D eigenvalue weighted by Gasteiger charge is 2.16. The van der Waals surface area contributed by atoms with Crippen molar-refractivity contribution in [3.8, 4) is 0 Å². The number of benzene rings is 1. The Bertz CT molecular complexity index is 448. The summed E-state index contributed by atoms with van der Waals surface area (Å²) in [4.78, 5) is 0. The van der Waals surface area contributed by atoms with E-state index in [-0.39, 0.29) is 11.5 Å². The van der Waals surface area contributed by atoms with Crippen molar-refractivity contribution < 1.29 is 0 Å². The maximum absolute atomic E-state index is 6.19. The normalized spacial score (nSPS) is 13.3. The molecule has 1 aromatic rings. The van der Waals surface area contributed by atoms with Gasteiger partial charge >= 0.3 is 0 Å². The Hall–Kier alpha value is -1.08. The van der Waals surface area contributed by atoms with Gasteiger partial charge in [-0.3, -0.25) is 0 Å². The molecule has 19 heavy (non-hydrogen) atoms. The van der Waals surface area contributed by atoms with E-state index < -0.39 is 0 Å². The van der Waals surface area contributed by atoms with Crippen molar-refractivity contribution in [1.82, 2.24) is 0 Å². The highest BCUT2D eigenvalue weighted by Crippen LogP contribution is 2.27. The monoisotopic (exact) mass is 259 g/mol. The summed E-state index contributed by atoms with van der Waals surface area (Å²) in [5.41, 5.74) is 13.2. The molecule has 2 N–H and O–H groups in total. The van der Waals surface area contributed by atoms with Crippen LogP contribution in [0.5, 0.6) is 0 Å². The molecular weight excluding hydrogens is 230 g/mol. The Labute approximate surface area is 118 Å². The van der Waals surface area contributed by atoms with Gasteiger partial charge in [0.15, 0.2) is 0 Å². The van der Waals surface area contributed by atoms with Crippen LogP contribution in [0.1, 0.15) is 56.9 Å². The Morgan fingerprint density at radius 2 is 1.63 bits per heavy atom. The molecule has 0 aromatic heterocycles. The SMILES string of the molecule is CC(C)=CC(N)Cc1c(C)cc(C(C)(C)C)cc1C. The van der Waals surface area contributed by atoms with E-state index in [9.17, 15) is 0 Å². The van der Waals surface area contributed by atoms with Crippen LogP contribution in [0.25, 0.3) is 0 Å². The summed E-state index contributed by atoms with van der Waals surface area (Å²) in [6.45, 7) is 15.4. The molecule has 0 aliphatic rings. The zero-order valence-corrected chi connectivity index (χ0v) is 13.6. The third-order valence-electron chi connectivity index (χ3n) is 3.55. The zero-order chi connectivity index (χ0) is 14.8. The molecular formula is C18H29N. The minimum Gasteiger partial charge on any atom is -0.324 e. The fourth-order valence-electron chi connectivity index (χ4n) is 2.47. The first-order valence-electron chi connectivity index (χ1n) is 7.12. The van der Waals surface area contributed by atoms with Crippen molar-refractivity contribution >= 4 is 0 Å². The van der Waals surface area contributed by atoms with Crippen LogP contribution in [0.2, 0.25) is 0 Å². The maximum Gasteiger partial charge on any atom is 0.0267 e. The van der Waals surface area contributed by atoms with Crippen molar-refractivity contribution in [3.63, 3.8) is 0 Å². The average molecular weight is 259 g/mol. The first-order valence-corrected chi connectivity index (χ1v) is 7.12. The lowest BCUT2D eigenvalue weighted by Crippen LogP contribution is -2.22. The van der Waals surface area contributed by atoms with Crippen molar-refractivity contribution in [2.24, 2.45) is 5.73 Å². The summed E-state index contributed by atoms with van der Waals surface area (Å²) >= 11 is 0. The highest BCUT2D eigenvalue weighted by atomic mass is 14.6.